The van der Waals surface area contributed by atoms with Gasteiger partial charge < -0.3 is 23.3 Å². The molecule has 0 N–H and O–H groups in total. The van der Waals surface area contributed by atoms with Crippen molar-refractivity contribution < 1.29 is 51.8 Å². The fraction of sp³-hybridized carbons (Fsp3) is 0.474. The zero-order valence-corrected chi connectivity index (χ0v) is 19.3. The summed E-state index contributed by atoms with van der Waals surface area (Å²) in [6, 6.07) is 7.42. The monoisotopic (exact) mass is 454 g/mol. The summed E-state index contributed by atoms with van der Waals surface area (Å²) < 4.78 is 10.5. The van der Waals surface area contributed by atoms with Gasteiger partial charge in [0.15, 0.2) is 0 Å². The smallest absolute Gasteiger partial charge is 0.247 e. The van der Waals surface area contributed by atoms with E-state index in [0.717, 1.165) is 5.56 Å². The third-order valence-electron chi connectivity index (χ3n) is 3.46. The Morgan fingerprint density at radius 1 is 1.12 bits per heavy atom. The molecule has 1 aromatic carbocycles. The number of carbonyl (C=O) groups is 2. The van der Waals surface area contributed by atoms with E-state index in [0.29, 0.717) is 37.9 Å². The predicted octanol–water partition coefficient (Wildman–Crippen LogP) is 3.07. The van der Waals surface area contributed by atoms with Crippen LogP contribution in [0, 0.1) is 20.8 Å². The first-order valence-electron chi connectivity index (χ1n) is 8.34. The summed E-state index contributed by atoms with van der Waals surface area (Å²) in [4.78, 5) is 25.8. The van der Waals surface area contributed by atoms with Crippen molar-refractivity contribution in [3.8, 4) is 0 Å². The van der Waals surface area contributed by atoms with Crippen LogP contribution in [0.4, 0.5) is 5.69 Å². The zero-order chi connectivity index (χ0) is 18.7. The molecule has 2 amide bonds. The molecule has 1 unspecified atom stereocenters. The van der Waals surface area contributed by atoms with Gasteiger partial charge in [0.1, 0.15) is 0 Å². The first kappa shape index (κ1) is 25.7. The fourth-order valence-electron chi connectivity index (χ4n) is 2.27. The third kappa shape index (κ3) is 8.18. The van der Waals surface area contributed by atoms with Gasteiger partial charge in [0, 0.05) is 44.9 Å². The van der Waals surface area contributed by atoms with Gasteiger partial charge in [-0.15, -0.1) is 11.8 Å². The molecule has 1 fully saturated rings. The number of ether oxygens (including phenoxy) is 2. The van der Waals surface area contributed by atoms with Crippen LogP contribution in [0.3, 0.4) is 0 Å². The van der Waals surface area contributed by atoms with Gasteiger partial charge in [-0.2, -0.15) is 6.92 Å². The average molecular weight is 454 g/mol. The SMILES string of the molecule is [CH2-]C.[CH2-]COCCOCCSC1CC(=O)N(c2ccc(C)cc2)C1=O.[Y]. The summed E-state index contributed by atoms with van der Waals surface area (Å²) in [5.41, 5.74) is 1.74. The van der Waals surface area contributed by atoms with E-state index >= 15 is 0 Å². The number of carbonyl (C=O) groups excluding carboxylic acids is 2. The maximum Gasteiger partial charge on any atom is 0.247 e. The molecule has 1 aliphatic rings. The van der Waals surface area contributed by atoms with E-state index in [1.807, 2.05) is 31.2 Å². The molecule has 1 atom stereocenters. The zero-order valence-electron chi connectivity index (χ0n) is 15.6. The van der Waals surface area contributed by atoms with Gasteiger partial charge in [-0.1, -0.05) is 24.3 Å². The van der Waals surface area contributed by atoms with Crippen LogP contribution in [0.1, 0.15) is 18.9 Å². The summed E-state index contributed by atoms with van der Waals surface area (Å²) >= 11 is 1.47. The number of nitrogens with zero attached hydrogens (tertiary/aromatic N) is 1. The van der Waals surface area contributed by atoms with Crippen molar-refractivity contribution >= 4 is 29.3 Å². The summed E-state index contributed by atoms with van der Waals surface area (Å²) in [6.45, 7) is 12.6. The van der Waals surface area contributed by atoms with E-state index in [2.05, 4.69) is 13.8 Å². The molecule has 5 nitrogen and oxygen atoms in total. The molecule has 0 aromatic heterocycles. The molecule has 26 heavy (non-hydrogen) atoms. The number of aryl methyl sites for hydroxylation is 1. The Morgan fingerprint density at radius 2 is 1.73 bits per heavy atom. The van der Waals surface area contributed by atoms with Crippen LogP contribution in [-0.2, 0) is 51.8 Å². The van der Waals surface area contributed by atoms with Crippen LogP contribution >= 0.6 is 11.8 Å². The van der Waals surface area contributed by atoms with Crippen molar-refractivity contribution in [3.63, 3.8) is 0 Å². The van der Waals surface area contributed by atoms with E-state index in [9.17, 15) is 9.59 Å². The summed E-state index contributed by atoms with van der Waals surface area (Å²) in [5, 5.41) is -0.316. The van der Waals surface area contributed by atoms with E-state index < -0.39 is 0 Å². The van der Waals surface area contributed by atoms with Crippen molar-refractivity contribution in [2.24, 2.45) is 0 Å². The molecule has 1 aromatic rings. The number of hydrogen-bond donors (Lipinski definition) is 0. The van der Waals surface area contributed by atoms with E-state index in [1.165, 1.54) is 16.7 Å². The van der Waals surface area contributed by atoms with Gasteiger partial charge in [0.05, 0.1) is 30.8 Å². The van der Waals surface area contributed by atoms with Crippen LogP contribution in [0.5, 0.6) is 0 Å². The standard InChI is InChI=1S/C17H22NO4S.C2H5.Y/c1-3-21-8-9-22-10-11-23-15-12-16(19)18(17(15)20)14-6-4-13(2)5-7-14;1-2;/h4-7,15H,1,3,8-12H2,2H3;1H2,2H3;/q2*-1;. The predicted molar refractivity (Wildman–Crippen MR) is 103 cm³/mol. The van der Waals surface area contributed by atoms with Crippen LogP contribution in [0.25, 0.3) is 0 Å². The second kappa shape index (κ2) is 14.8. The Morgan fingerprint density at radius 3 is 2.35 bits per heavy atom. The number of imide groups is 1. The van der Waals surface area contributed by atoms with E-state index in [4.69, 9.17) is 9.47 Å². The quantitative estimate of drug-likeness (QED) is 0.326. The molecular weight excluding hydrogens is 427 g/mol. The summed E-state index contributed by atoms with van der Waals surface area (Å²) in [7, 11) is 0. The minimum absolute atomic E-state index is 0. The minimum atomic E-state index is -0.316. The molecule has 1 heterocycles. The number of anilines is 1. The largest absolute Gasteiger partial charge is 0.411 e. The first-order valence-corrected chi connectivity index (χ1v) is 9.39. The second-order valence-electron chi connectivity index (χ2n) is 5.19. The molecule has 143 valence electrons. The van der Waals surface area contributed by atoms with Crippen molar-refractivity contribution in [1.82, 2.24) is 0 Å². The Labute approximate surface area is 186 Å². The fourth-order valence-corrected chi connectivity index (χ4v) is 3.28. The number of benzene rings is 1. The average Bonchev–Trinajstić information content (AvgIpc) is 2.91. The van der Waals surface area contributed by atoms with Crippen LogP contribution < -0.4 is 4.90 Å². The molecule has 0 saturated carbocycles. The van der Waals surface area contributed by atoms with Gasteiger partial charge in [-0.05, 0) is 19.1 Å². The van der Waals surface area contributed by atoms with Gasteiger partial charge in [0.2, 0.25) is 11.8 Å². The van der Waals surface area contributed by atoms with Crippen LogP contribution in [0.2, 0.25) is 0 Å². The van der Waals surface area contributed by atoms with Crippen LogP contribution in [-0.4, -0.2) is 49.2 Å². The van der Waals surface area contributed by atoms with Crippen LogP contribution in [0.15, 0.2) is 24.3 Å². The third-order valence-corrected chi connectivity index (χ3v) is 4.63. The Hall–Kier alpha value is -0.266. The molecule has 1 radical (unpaired) electrons. The molecule has 0 spiro atoms. The normalized spacial score (nSPS) is 16.2. The van der Waals surface area contributed by atoms with E-state index in [1.54, 1.807) is 6.92 Å². The van der Waals surface area contributed by atoms with Gasteiger partial charge in [0.25, 0.3) is 0 Å². The number of amides is 2. The molecule has 2 rings (SSSR count). The summed E-state index contributed by atoms with van der Waals surface area (Å²) in [5.74, 6) is 0.404. The van der Waals surface area contributed by atoms with Crippen molar-refractivity contribution in [1.29, 1.82) is 0 Å². The number of thioether (sulfide) groups is 1. The Kier molecular flexibility index (Phi) is 14.6. The molecular formula is C19H27NO4SY-2. The molecule has 0 aliphatic carbocycles. The molecule has 7 heteroatoms. The number of hydrogen-bond acceptors (Lipinski definition) is 5. The Balaban J connectivity index is 0.00000201. The van der Waals surface area contributed by atoms with Gasteiger partial charge in [-0.25, -0.2) is 4.90 Å². The maximum absolute atomic E-state index is 12.4. The minimum Gasteiger partial charge on any atom is -0.411 e. The molecule has 1 saturated heterocycles. The van der Waals surface area contributed by atoms with Gasteiger partial charge in [-0.3, -0.25) is 9.59 Å². The summed E-state index contributed by atoms with van der Waals surface area (Å²) in [6.07, 6.45) is 0.252. The van der Waals surface area contributed by atoms with Crippen molar-refractivity contribution in [3.05, 3.63) is 43.7 Å². The van der Waals surface area contributed by atoms with Crippen molar-refractivity contribution in [2.45, 2.75) is 25.5 Å². The van der Waals surface area contributed by atoms with Crippen molar-refractivity contribution in [2.75, 3.05) is 37.1 Å². The first-order chi connectivity index (χ1) is 12.1. The second-order valence-corrected chi connectivity index (χ2v) is 6.50. The topological polar surface area (TPSA) is 55.8 Å². The van der Waals surface area contributed by atoms with Gasteiger partial charge >= 0.3 is 0 Å². The van der Waals surface area contributed by atoms with E-state index in [-0.39, 0.29) is 56.2 Å². The number of rotatable bonds is 9. The Bertz CT molecular complexity index is 539. The molecule has 1 aliphatic heterocycles. The molecule has 0 bridgehead atoms. The maximum atomic E-state index is 12.4.